The molecule has 0 saturated heterocycles. The van der Waals surface area contributed by atoms with Crippen LogP contribution in [0, 0.1) is 5.82 Å². The van der Waals surface area contributed by atoms with Gasteiger partial charge in [0.2, 0.25) is 11.9 Å². The molecule has 0 spiro atoms. The van der Waals surface area contributed by atoms with Crippen LogP contribution in [0.2, 0.25) is 0 Å². The normalized spacial score (nSPS) is 10.2. The highest BCUT2D eigenvalue weighted by Gasteiger charge is 2.12. The number of aromatic nitrogens is 3. The van der Waals surface area contributed by atoms with Gasteiger partial charge < -0.3 is 15.0 Å². The second kappa shape index (κ2) is 6.14. The van der Waals surface area contributed by atoms with Crippen LogP contribution in [0.5, 0.6) is 6.01 Å². The molecule has 0 radical (unpaired) electrons. The zero-order valence-electron chi connectivity index (χ0n) is 11.6. The molecule has 1 heterocycles. The van der Waals surface area contributed by atoms with Gasteiger partial charge in [-0.05, 0) is 31.2 Å². The van der Waals surface area contributed by atoms with Crippen molar-refractivity contribution in [1.82, 2.24) is 15.0 Å². The summed E-state index contributed by atoms with van der Waals surface area (Å²) < 4.78 is 18.0. The van der Waals surface area contributed by atoms with E-state index in [0.717, 1.165) is 5.69 Å². The van der Waals surface area contributed by atoms with Crippen LogP contribution in [0.3, 0.4) is 0 Å². The number of methoxy groups -OCH3 is 1. The van der Waals surface area contributed by atoms with Gasteiger partial charge in [0.05, 0.1) is 7.11 Å². The molecule has 2 rings (SSSR count). The maximum absolute atomic E-state index is 12.9. The van der Waals surface area contributed by atoms with Crippen molar-refractivity contribution < 1.29 is 9.13 Å². The van der Waals surface area contributed by atoms with Crippen molar-refractivity contribution >= 4 is 17.6 Å². The zero-order valence-corrected chi connectivity index (χ0v) is 11.6. The lowest BCUT2D eigenvalue weighted by atomic mass is 10.3. The maximum Gasteiger partial charge on any atom is 0.322 e. The van der Waals surface area contributed by atoms with E-state index >= 15 is 0 Å². The highest BCUT2D eigenvalue weighted by atomic mass is 19.1. The molecule has 1 N–H and O–H groups in total. The van der Waals surface area contributed by atoms with Crippen LogP contribution < -0.4 is 15.0 Å². The van der Waals surface area contributed by atoms with Crippen LogP contribution in [-0.2, 0) is 0 Å². The first kappa shape index (κ1) is 14.0. The van der Waals surface area contributed by atoms with Crippen LogP contribution in [-0.4, -0.2) is 35.7 Å². The molecule has 0 amide bonds. The number of hydrogen-bond donors (Lipinski definition) is 1. The smallest absolute Gasteiger partial charge is 0.322 e. The highest BCUT2D eigenvalue weighted by Crippen LogP contribution is 2.22. The Hall–Kier alpha value is -2.44. The van der Waals surface area contributed by atoms with Gasteiger partial charge in [0.15, 0.2) is 0 Å². The Labute approximate surface area is 116 Å². The Morgan fingerprint density at radius 3 is 2.50 bits per heavy atom. The summed E-state index contributed by atoms with van der Waals surface area (Å²) in [6, 6.07) is 6.29. The SMILES string of the molecule is CCNc1nc(OC)nc(N(C)c2ccc(F)cc2)n1. The first-order valence-electron chi connectivity index (χ1n) is 6.17. The lowest BCUT2D eigenvalue weighted by Gasteiger charge is -2.18. The van der Waals surface area contributed by atoms with Gasteiger partial charge in [-0.25, -0.2) is 4.39 Å². The fraction of sp³-hybridized carbons (Fsp3) is 0.308. The lowest BCUT2D eigenvalue weighted by Crippen LogP contribution is -2.16. The van der Waals surface area contributed by atoms with E-state index in [-0.39, 0.29) is 11.8 Å². The first-order valence-corrected chi connectivity index (χ1v) is 6.17. The van der Waals surface area contributed by atoms with Gasteiger partial charge in [0, 0.05) is 19.3 Å². The highest BCUT2D eigenvalue weighted by molar-refractivity contribution is 5.57. The summed E-state index contributed by atoms with van der Waals surface area (Å²) in [6.45, 7) is 2.63. The van der Waals surface area contributed by atoms with E-state index in [1.54, 1.807) is 24.1 Å². The van der Waals surface area contributed by atoms with E-state index in [2.05, 4.69) is 20.3 Å². The quantitative estimate of drug-likeness (QED) is 0.904. The van der Waals surface area contributed by atoms with Gasteiger partial charge in [-0.3, -0.25) is 0 Å². The topological polar surface area (TPSA) is 63.2 Å². The average Bonchev–Trinajstić information content (AvgIpc) is 2.47. The van der Waals surface area contributed by atoms with E-state index < -0.39 is 0 Å². The van der Waals surface area contributed by atoms with Crippen molar-refractivity contribution in [2.24, 2.45) is 0 Å². The molecule has 7 heteroatoms. The Balaban J connectivity index is 2.34. The third-order valence-corrected chi connectivity index (χ3v) is 2.63. The third kappa shape index (κ3) is 3.11. The molecule has 1 aromatic heterocycles. The number of benzene rings is 1. The fourth-order valence-electron chi connectivity index (χ4n) is 1.60. The molecule has 0 aliphatic carbocycles. The van der Waals surface area contributed by atoms with Gasteiger partial charge in [0.1, 0.15) is 5.82 Å². The van der Waals surface area contributed by atoms with E-state index in [9.17, 15) is 4.39 Å². The predicted octanol–water partition coefficient (Wildman–Crippen LogP) is 2.22. The van der Waals surface area contributed by atoms with Crippen molar-refractivity contribution in [3.63, 3.8) is 0 Å². The summed E-state index contributed by atoms with van der Waals surface area (Å²) in [5.41, 5.74) is 0.766. The minimum atomic E-state index is -0.288. The Morgan fingerprint density at radius 1 is 1.20 bits per heavy atom. The number of nitrogens with zero attached hydrogens (tertiary/aromatic N) is 4. The number of hydrogen-bond acceptors (Lipinski definition) is 6. The van der Waals surface area contributed by atoms with Crippen molar-refractivity contribution in [1.29, 1.82) is 0 Å². The zero-order chi connectivity index (χ0) is 14.5. The minimum Gasteiger partial charge on any atom is -0.467 e. The first-order chi connectivity index (χ1) is 9.63. The summed E-state index contributed by atoms with van der Waals surface area (Å²) in [6.07, 6.45) is 0. The molecule has 0 unspecified atom stereocenters. The molecule has 1 aromatic carbocycles. The Kier molecular flexibility index (Phi) is 4.29. The molecule has 106 valence electrons. The Bertz CT molecular complexity index is 575. The average molecular weight is 277 g/mol. The number of rotatable bonds is 5. The van der Waals surface area contributed by atoms with Gasteiger partial charge in [-0.2, -0.15) is 15.0 Å². The Morgan fingerprint density at radius 2 is 1.90 bits per heavy atom. The molecule has 0 aliphatic rings. The molecule has 0 fully saturated rings. The van der Waals surface area contributed by atoms with Crippen molar-refractivity contribution in [2.75, 3.05) is 30.9 Å². The predicted molar refractivity (Wildman–Crippen MR) is 75.0 cm³/mol. The molecule has 0 bridgehead atoms. The van der Waals surface area contributed by atoms with Crippen molar-refractivity contribution in [3.8, 4) is 6.01 Å². The molecule has 2 aromatic rings. The largest absolute Gasteiger partial charge is 0.467 e. The van der Waals surface area contributed by atoms with Crippen LogP contribution in [0.4, 0.5) is 22.0 Å². The summed E-state index contributed by atoms with van der Waals surface area (Å²) in [5, 5.41) is 3.01. The van der Waals surface area contributed by atoms with Crippen molar-refractivity contribution in [3.05, 3.63) is 30.1 Å². The second-order valence-electron chi connectivity index (χ2n) is 4.01. The van der Waals surface area contributed by atoms with E-state index in [0.29, 0.717) is 18.4 Å². The van der Waals surface area contributed by atoms with Crippen LogP contribution in [0.1, 0.15) is 6.92 Å². The van der Waals surface area contributed by atoms with E-state index in [1.165, 1.54) is 19.2 Å². The number of nitrogens with one attached hydrogen (secondary N) is 1. The number of anilines is 3. The standard InChI is InChI=1S/C13H16FN5O/c1-4-15-11-16-12(18-13(17-11)20-3)19(2)10-7-5-9(14)6-8-10/h5-8H,4H2,1-3H3,(H,15,16,17,18). The van der Waals surface area contributed by atoms with E-state index in [1.807, 2.05) is 6.92 Å². The number of ether oxygens (including phenoxy) is 1. The van der Waals surface area contributed by atoms with Crippen LogP contribution in [0.25, 0.3) is 0 Å². The molecule has 0 saturated carbocycles. The molecule has 0 aliphatic heterocycles. The van der Waals surface area contributed by atoms with Gasteiger partial charge in [0.25, 0.3) is 0 Å². The molecule has 6 nitrogen and oxygen atoms in total. The summed E-state index contributed by atoms with van der Waals surface area (Å²) in [7, 11) is 3.28. The molecular formula is C13H16FN5O. The van der Waals surface area contributed by atoms with Gasteiger partial charge in [-0.15, -0.1) is 0 Å². The third-order valence-electron chi connectivity index (χ3n) is 2.63. The summed E-state index contributed by atoms with van der Waals surface area (Å²) in [4.78, 5) is 14.3. The monoisotopic (exact) mass is 277 g/mol. The summed E-state index contributed by atoms with van der Waals surface area (Å²) in [5.74, 6) is 0.562. The second-order valence-corrected chi connectivity index (χ2v) is 4.01. The fourth-order valence-corrected chi connectivity index (χ4v) is 1.60. The molecule has 0 atom stereocenters. The van der Waals surface area contributed by atoms with Crippen LogP contribution in [0.15, 0.2) is 24.3 Å². The van der Waals surface area contributed by atoms with Crippen LogP contribution >= 0.6 is 0 Å². The molecular weight excluding hydrogens is 261 g/mol. The maximum atomic E-state index is 12.9. The van der Waals surface area contributed by atoms with Gasteiger partial charge >= 0.3 is 6.01 Å². The number of halogens is 1. The van der Waals surface area contributed by atoms with E-state index in [4.69, 9.17) is 4.74 Å². The van der Waals surface area contributed by atoms with Gasteiger partial charge in [-0.1, -0.05) is 0 Å². The minimum absolute atomic E-state index is 0.222. The molecule has 20 heavy (non-hydrogen) atoms. The van der Waals surface area contributed by atoms with Crippen molar-refractivity contribution in [2.45, 2.75) is 6.92 Å². The summed E-state index contributed by atoms with van der Waals surface area (Å²) >= 11 is 0. The lowest BCUT2D eigenvalue weighted by molar-refractivity contribution is 0.379.